The van der Waals surface area contributed by atoms with Crippen LogP contribution in [0, 0.1) is 24.4 Å². The predicted octanol–water partition coefficient (Wildman–Crippen LogP) is 3.84. The van der Waals surface area contributed by atoms with Gasteiger partial charge in [0.25, 0.3) is 0 Å². The van der Waals surface area contributed by atoms with Crippen LogP contribution in [-0.4, -0.2) is 5.78 Å². The molecule has 0 saturated heterocycles. The second-order valence-electron chi connectivity index (χ2n) is 4.26. The van der Waals surface area contributed by atoms with Crippen molar-refractivity contribution in [3.8, 4) is 0 Å². The standard InChI is InChI=1S/C15H11F3O/c1-9-5-6-10(16)7-11(9)15(19)8-12-13(17)3-2-4-14(12)18/h2-7H,8H2,1H3. The summed E-state index contributed by atoms with van der Waals surface area (Å²) in [6.07, 6.45) is -0.428. The largest absolute Gasteiger partial charge is 0.294 e. The SMILES string of the molecule is Cc1ccc(F)cc1C(=O)Cc1c(F)cccc1F. The van der Waals surface area contributed by atoms with Crippen LogP contribution in [0.5, 0.6) is 0 Å². The zero-order valence-corrected chi connectivity index (χ0v) is 10.2. The van der Waals surface area contributed by atoms with E-state index in [-0.39, 0.29) is 11.1 Å². The van der Waals surface area contributed by atoms with Crippen LogP contribution in [0.4, 0.5) is 13.2 Å². The molecule has 98 valence electrons. The molecule has 0 aromatic heterocycles. The van der Waals surface area contributed by atoms with Gasteiger partial charge in [0.2, 0.25) is 0 Å². The zero-order chi connectivity index (χ0) is 14.0. The molecular weight excluding hydrogens is 253 g/mol. The molecule has 0 saturated carbocycles. The smallest absolute Gasteiger partial charge is 0.167 e. The molecule has 0 aliphatic heterocycles. The highest BCUT2D eigenvalue weighted by atomic mass is 19.1. The Morgan fingerprint density at radius 3 is 2.32 bits per heavy atom. The number of aryl methyl sites for hydroxylation is 1. The second kappa shape index (κ2) is 5.26. The van der Waals surface area contributed by atoms with E-state index in [2.05, 4.69) is 0 Å². The molecule has 2 rings (SSSR count). The number of carbonyl (C=O) groups excluding carboxylic acids is 1. The van der Waals surface area contributed by atoms with E-state index in [9.17, 15) is 18.0 Å². The number of rotatable bonds is 3. The van der Waals surface area contributed by atoms with E-state index in [0.29, 0.717) is 5.56 Å². The summed E-state index contributed by atoms with van der Waals surface area (Å²) >= 11 is 0. The Hall–Kier alpha value is -2.10. The third-order valence-corrected chi connectivity index (χ3v) is 2.90. The van der Waals surface area contributed by atoms with E-state index in [1.165, 1.54) is 18.2 Å². The lowest BCUT2D eigenvalue weighted by molar-refractivity contribution is 0.0989. The fraction of sp³-hybridized carbons (Fsp3) is 0.133. The van der Waals surface area contributed by atoms with Crippen molar-refractivity contribution in [2.45, 2.75) is 13.3 Å². The molecule has 1 nitrogen and oxygen atoms in total. The first-order valence-electron chi connectivity index (χ1n) is 5.71. The summed E-state index contributed by atoms with van der Waals surface area (Å²) in [5.41, 5.74) is 0.418. The summed E-state index contributed by atoms with van der Waals surface area (Å²) < 4.78 is 40.0. The van der Waals surface area contributed by atoms with E-state index in [4.69, 9.17) is 0 Å². The van der Waals surface area contributed by atoms with Gasteiger partial charge in [-0.25, -0.2) is 13.2 Å². The maximum Gasteiger partial charge on any atom is 0.167 e. The van der Waals surface area contributed by atoms with Gasteiger partial charge in [-0.2, -0.15) is 0 Å². The van der Waals surface area contributed by atoms with Crippen molar-refractivity contribution >= 4 is 5.78 Å². The summed E-state index contributed by atoms with van der Waals surface area (Å²) in [7, 11) is 0. The molecule has 2 aromatic rings. The molecule has 0 aliphatic rings. The average Bonchev–Trinajstić information content (AvgIpc) is 2.37. The summed E-state index contributed by atoms with van der Waals surface area (Å²) in [5, 5.41) is 0. The minimum Gasteiger partial charge on any atom is -0.294 e. The fourth-order valence-electron chi connectivity index (χ4n) is 1.85. The van der Waals surface area contributed by atoms with Crippen LogP contribution in [0.25, 0.3) is 0 Å². The van der Waals surface area contributed by atoms with Gasteiger partial charge in [0.1, 0.15) is 17.5 Å². The van der Waals surface area contributed by atoms with E-state index in [1.807, 2.05) is 0 Å². The summed E-state index contributed by atoms with van der Waals surface area (Å²) in [5.74, 6) is -2.62. The molecule has 0 unspecified atom stereocenters. The molecule has 0 amide bonds. The van der Waals surface area contributed by atoms with Gasteiger partial charge >= 0.3 is 0 Å². The molecule has 0 N–H and O–H groups in total. The topological polar surface area (TPSA) is 17.1 Å². The molecule has 4 heteroatoms. The number of carbonyl (C=O) groups is 1. The summed E-state index contributed by atoms with van der Waals surface area (Å²) in [6, 6.07) is 7.17. The van der Waals surface area contributed by atoms with E-state index < -0.39 is 29.7 Å². The van der Waals surface area contributed by atoms with Crippen molar-refractivity contribution in [1.82, 2.24) is 0 Å². The van der Waals surface area contributed by atoms with Crippen molar-refractivity contribution in [1.29, 1.82) is 0 Å². The van der Waals surface area contributed by atoms with Crippen LogP contribution in [-0.2, 0) is 6.42 Å². The first-order chi connectivity index (χ1) is 8.99. The fourth-order valence-corrected chi connectivity index (χ4v) is 1.85. The van der Waals surface area contributed by atoms with E-state index in [0.717, 1.165) is 18.2 Å². The Balaban J connectivity index is 2.34. The van der Waals surface area contributed by atoms with Gasteiger partial charge in [-0.1, -0.05) is 12.1 Å². The van der Waals surface area contributed by atoms with E-state index >= 15 is 0 Å². The van der Waals surface area contributed by atoms with Gasteiger partial charge < -0.3 is 0 Å². The Morgan fingerprint density at radius 1 is 1.05 bits per heavy atom. The molecule has 0 fully saturated rings. The number of hydrogen-bond acceptors (Lipinski definition) is 1. The molecule has 2 aromatic carbocycles. The quantitative estimate of drug-likeness (QED) is 0.770. The number of hydrogen-bond donors (Lipinski definition) is 0. The Labute approximate surface area is 108 Å². The predicted molar refractivity (Wildman–Crippen MR) is 65.5 cm³/mol. The average molecular weight is 264 g/mol. The van der Waals surface area contributed by atoms with Crippen LogP contribution in [0.1, 0.15) is 21.5 Å². The first-order valence-corrected chi connectivity index (χ1v) is 5.71. The lowest BCUT2D eigenvalue weighted by atomic mass is 9.98. The molecule has 19 heavy (non-hydrogen) atoms. The molecular formula is C15H11F3O. The van der Waals surface area contributed by atoms with Crippen LogP contribution in [0.2, 0.25) is 0 Å². The number of Topliss-reactive ketones (excluding diaryl/α,β-unsaturated/α-hetero) is 1. The molecule has 0 bridgehead atoms. The third-order valence-electron chi connectivity index (χ3n) is 2.90. The minimum absolute atomic E-state index is 0.141. The Morgan fingerprint density at radius 2 is 1.68 bits per heavy atom. The highest BCUT2D eigenvalue weighted by molar-refractivity contribution is 5.98. The van der Waals surface area contributed by atoms with Gasteiger partial charge in [0.15, 0.2) is 5.78 Å². The number of halogens is 3. The molecule has 0 radical (unpaired) electrons. The first kappa shape index (κ1) is 13.3. The van der Waals surface area contributed by atoms with Crippen LogP contribution < -0.4 is 0 Å². The molecule has 0 aliphatic carbocycles. The molecule has 0 heterocycles. The van der Waals surface area contributed by atoms with Crippen molar-refractivity contribution in [2.24, 2.45) is 0 Å². The third kappa shape index (κ3) is 2.84. The highest BCUT2D eigenvalue weighted by Gasteiger charge is 2.16. The lowest BCUT2D eigenvalue weighted by Crippen LogP contribution is -2.09. The van der Waals surface area contributed by atoms with Crippen LogP contribution in [0.3, 0.4) is 0 Å². The monoisotopic (exact) mass is 264 g/mol. The highest BCUT2D eigenvalue weighted by Crippen LogP contribution is 2.17. The van der Waals surface area contributed by atoms with Crippen molar-refractivity contribution in [3.05, 3.63) is 70.5 Å². The van der Waals surface area contributed by atoms with Crippen molar-refractivity contribution in [2.75, 3.05) is 0 Å². The van der Waals surface area contributed by atoms with Crippen molar-refractivity contribution in [3.63, 3.8) is 0 Å². The number of ketones is 1. The normalized spacial score (nSPS) is 10.5. The zero-order valence-electron chi connectivity index (χ0n) is 10.2. The van der Waals surface area contributed by atoms with Gasteiger partial charge in [0, 0.05) is 17.5 Å². The summed E-state index contributed by atoms with van der Waals surface area (Å²) in [4.78, 5) is 12.0. The van der Waals surface area contributed by atoms with Crippen LogP contribution in [0.15, 0.2) is 36.4 Å². The van der Waals surface area contributed by atoms with Crippen LogP contribution >= 0.6 is 0 Å². The van der Waals surface area contributed by atoms with Gasteiger partial charge in [0.05, 0.1) is 0 Å². The van der Waals surface area contributed by atoms with E-state index in [1.54, 1.807) is 6.92 Å². The Kier molecular flexibility index (Phi) is 3.69. The molecule has 0 atom stereocenters. The Bertz CT molecular complexity index is 615. The minimum atomic E-state index is -0.776. The summed E-state index contributed by atoms with van der Waals surface area (Å²) in [6.45, 7) is 1.64. The maximum atomic E-state index is 13.4. The number of benzene rings is 2. The van der Waals surface area contributed by atoms with Gasteiger partial charge in [-0.3, -0.25) is 4.79 Å². The molecule has 0 spiro atoms. The van der Waals surface area contributed by atoms with Crippen molar-refractivity contribution < 1.29 is 18.0 Å². The lowest BCUT2D eigenvalue weighted by Gasteiger charge is -2.07. The second-order valence-corrected chi connectivity index (χ2v) is 4.26. The maximum absolute atomic E-state index is 13.4. The van der Waals surface area contributed by atoms with Gasteiger partial charge in [-0.15, -0.1) is 0 Å². The van der Waals surface area contributed by atoms with Gasteiger partial charge in [-0.05, 0) is 36.8 Å².